The van der Waals surface area contributed by atoms with Crippen molar-refractivity contribution in [3.8, 4) is 0 Å². The lowest BCUT2D eigenvalue weighted by Crippen LogP contribution is -2.25. The Bertz CT molecular complexity index is 635. The molecular weight excluding hydrogens is 340 g/mol. The minimum atomic E-state index is -3.45. The first-order valence-corrected chi connectivity index (χ1v) is 8.22. The maximum absolute atomic E-state index is 11.9. The fourth-order valence-electron chi connectivity index (χ4n) is 1.33. The maximum atomic E-state index is 11.9. The van der Waals surface area contributed by atoms with Gasteiger partial charge in [-0.1, -0.05) is 0 Å². The molecule has 2 heterocycles. The van der Waals surface area contributed by atoms with Crippen LogP contribution in [0.1, 0.15) is 5.82 Å². The van der Waals surface area contributed by atoms with Crippen LogP contribution in [0, 0.1) is 0 Å². The van der Waals surface area contributed by atoms with E-state index in [2.05, 4.69) is 30.7 Å². The zero-order chi connectivity index (χ0) is 13.2. The molecule has 18 heavy (non-hydrogen) atoms. The summed E-state index contributed by atoms with van der Waals surface area (Å²) >= 11 is 4.38. The zero-order valence-electron chi connectivity index (χ0n) is 9.50. The van der Waals surface area contributed by atoms with Crippen molar-refractivity contribution in [1.29, 1.82) is 0 Å². The highest BCUT2D eigenvalue weighted by atomic mass is 79.9. The Labute approximate surface area is 117 Å². The third-order valence-corrected chi connectivity index (χ3v) is 6.25. The molecule has 9 heteroatoms. The molecule has 98 valence electrons. The summed E-state index contributed by atoms with van der Waals surface area (Å²) in [5.41, 5.74) is 0. The number of sulfonamides is 1. The number of aryl methyl sites for hydroxylation is 1. The van der Waals surface area contributed by atoms with E-state index < -0.39 is 10.0 Å². The van der Waals surface area contributed by atoms with Crippen molar-refractivity contribution < 1.29 is 8.42 Å². The summed E-state index contributed by atoms with van der Waals surface area (Å²) in [7, 11) is -1.68. The van der Waals surface area contributed by atoms with E-state index in [1.165, 1.54) is 11.3 Å². The number of nitrogens with zero attached hydrogens (tertiary/aromatic N) is 3. The van der Waals surface area contributed by atoms with Crippen LogP contribution in [0.4, 0.5) is 0 Å². The number of hydrogen-bond donors (Lipinski definition) is 1. The quantitative estimate of drug-likeness (QED) is 0.877. The molecule has 1 N–H and O–H groups in total. The van der Waals surface area contributed by atoms with E-state index in [0.717, 1.165) is 0 Å². The Kier molecular flexibility index (Phi) is 4.15. The van der Waals surface area contributed by atoms with E-state index in [-0.39, 0.29) is 10.8 Å². The second-order valence-corrected chi connectivity index (χ2v) is 7.27. The van der Waals surface area contributed by atoms with Crippen LogP contribution in [0.5, 0.6) is 0 Å². The van der Waals surface area contributed by atoms with Crippen LogP contribution >= 0.6 is 27.3 Å². The second kappa shape index (κ2) is 5.47. The minimum Gasteiger partial charge on any atom is -0.256 e. The van der Waals surface area contributed by atoms with E-state index in [0.29, 0.717) is 16.7 Å². The van der Waals surface area contributed by atoms with Crippen LogP contribution in [0.25, 0.3) is 0 Å². The van der Waals surface area contributed by atoms with Crippen LogP contribution in [0.3, 0.4) is 0 Å². The lowest BCUT2D eigenvalue weighted by molar-refractivity contribution is 0.582. The van der Waals surface area contributed by atoms with E-state index in [1.807, 2.05) is 0 Å². The van der Waals surface area contributed by atoms with Crippen molar-refractivity contribution >= 4 is 37.3 Å². The van der Waals surface area contributed by atoms with Gasteiger partial charge in [0.25, 0.3) is 10.0 Å². The fourth-order valence-corrected chi connectivity index (χ4v) is 4.74. The van der Waals surface area contributed by atoms with Gasteiger partial charge in [-0.3, -0.25) is 4.68 Å². The highest BCUT2D eigenvalue weighted by Crippen LogP contribution is 2.27. The molecule has 0 bridgehead atoms. The van der Waals surface area contributed by atoms with Gasteiger partial charge in [0.15, 0.2) is 5.82 Å². The van der Waals surface area contributed by atoms with Gasteiger partial charge in [-0.25, -0.2) is 18.1 Å². The lowest BCUT2D eigenvalue weighted by atomic mass is 10.4. The van der Waals surface area contributed by atoms with Gasteiger partial charge in [0, 0.05) is 24.5 Å². The molecule has 0 spiro atoms. The number of nitrogens with one attached hydrogen (secondary N) is 1. The summed E-state index contributed by atoms with van der Waals surface area (Å²) in [4.78, 5) is 4.03. The summed E-state index contributed by atoms with van der Waals surface area (Å²) in [6.45, 7) is 0.274. The van der Waals surface area contributed by atoms with Crippen LogP contribution in [0.15, 0.2) is 26.5 Å². The second-order valence-electron chi connectivity index (χ2n) is 3.54. The van der Waals surface area contributed by atoms with Crippen LogP contribution in [-0.2, 0) is 23.5 Å². The zero-order valence-corrected chi connectivity index (χ0v) is 12.7. The molecule has 0 unspecified atom stereocenters. The average molecular weight is 351 g/mol. The monoisotopic (exact) mass is 350 g/mol. The smallest absolute Gasteiger partial charge is 0.251 e. The van der Waals surface area contributed by atoms with Crippen LogP contribution in [0.2, 0.25) is 0 Å². The molecule has 0 radical (unpaired) electrons. The third kappa shape index (κ3) is 3.16. The largest absolute Gasteiger partial charge is 0.256 e. The summed E-state index contributed by atoms with van der Waals surface area (Å²) in [6.07, 6.45) is 2.04. The van der Waals surface area contributed by atoms with Crippen LogP contribution < -0.4 is 4.72 Å². The minimum absolute atomic E-state index is 0.274. The van der Waals surface area contributed by atoms with Crippen molar-refractivity contribution in [2.45, 2.75) is 10.6 Å². The predicted molar refractivity (Wildman–Crippen MR) is 71.9 cm³/mol. The highest BCUT2D eigenvalue weighted by molar-refractivity contribution is 9.10. The lowest BCUT2D eigenvalue weighted by Gasteiger charge is -2.03. The summed E-state index contributed by atoms with van der Waals surface area (Å²) < 4.78 is 28.8. The number of rotatable bonds is 5. The fraction of sp³-hybridized carbons (Fsp3) is 0.333. The van der Waals surface area contributed by atoms with E-state index in [4.69, 9.17) is 0 Å². The van der Waals surface area contributed by atoms with Gasteiger partial charge in [0.2, 0.25) is 0 Å². The Morgan fingerprint density at radius 3 is 2.89 bits per heavy atom. The molecule has 0 aromatic carbocycles. The van der Waals surface area contributed by atoms with Crippen molar-refractivity contribution in [2.24, 2.45) is 7.05 Å². The van der Waals surface area contributed by atoms with Gasteiger partial charge in [-0.15, -0.1) is 11.3 Å². The van der Waals surface area contributed by atoms with Gasteiger partial charge < -0.3 is 0 Å². The molecule has 2 rings (SSSR count). The Morgan fingerprint density at radius 2 is 2.33 bits per heavy atom. The normalized spacial score (nSPS) is 11.9. The maximum Gasteiger partial charge on any atom is 0.251 e. The molecule has 0 fully saturated rings. The summed E-state index contributed by atoms with van der Waals surface area (Å²) in [5, 5.41) is 5.80. The number of thiophene rings is 1. The third-order valence-electron chi connectivity index (χ3n) is 2.12. The van der Waals surface area contributed by atoms with E-state index >= 15 is 0 Å². The molecule has 0 aliphatic rings. The van der Waals surface area contributed by atoms with E-state index in [9.17, 15) is 8.42 Å². The Hall–Kier alpha value is -0.770. The standard InChI is InChI=1S/C9H11BrN4O2S2/c1-14-6-11-8(13-14)2-4-12-18(15,16)9-7(10)3-5-17-9/h3,5-6,12H,2,4H2,1H3. The van der Waals surface area contributed by atoms with Gasteiger partial charge in [0.1, 0.15) is 10.5 Å². The predicted octanol–water partition coefficient (Wildman–Crippen LogP) is 1.16. The Balaban J connectivity index is 1.96. The molecule has 0 aliphatic carbocycles. The van der Waals surface area contributed by atoms with Crippen molar-refractivity contribution in [2.75, 3.05) is 6.54 Å². The number of aromatic nitrogens is 3. The van der Waals surface area contributed by atoms with Crippen molar-refractivity contribution in [3.63, 3.8) is 0 Å². The average Bonchev–Trinajstić information content (AvgIpc) is 2.87. The molecule has 0 aliphatic heterocycles. The number of halogens is 1. The van der Waals surface area contributed by atoms with Gasteiger partial charge in [0.05, 0.1) is 0 Å². The number of hydrogen-bond acceptors (Lipinski definition) is 5. The van der Waals surface area contributed by atoms with Crippen molar-refractivity contribution in [3.05, 3.63) is 28.1 Å². The molecular formula is C9H11BrN4O2S2. The van der Waals surface area contributed by atoms with Gasteiger partial charge in [-0.05, 0) is 27.4 Å². The molecule has 0 saturated carbocycles. The molecule has 0 amide bonds. The highest BCUT2D eigenvalue weighted by Gasteiger charge is 2.18. The van der Waals surface area contributed by atoms with Crippen LogP contribution in [-0.4, -0.2) is 29.7 Å². The first-order valence-electron chi connectivity index (χ1n) is 5.06. The molecule has 6 nitrogen and oxygen atoms in total. The Morgan fingerprint density at radius 1 is 1.56 bits per heavy atom. The molecule has 2 aromatic heterocycles. The summed E-state index contributed by atoms with van der Waals surface area (Å²) in [6, 6.07) is 1.71. The molecule has 2 aromatic rings. The van der Waals surface area contributed by atoms with Gasteiger partial charge >= 0.3 is 0 Å². The SMILES string of the molecule is Cn1cnc(CCNS(=O)(=O)c2sccc2Br)n1. The van der Waals surface area contributed by atoms with E-state index in [1.54, 1.807) is 29.5 Å². The first-order chi connectivity index (χ1) is 8.49. The topological polar surface area (TPSA) is 76.9 Å². The molecule has 0 atom stereocenters. The molecule has 0 saturated heterocycles. The van der Waals surface area contributed by atoms with Crippen molar-refractivity contribution in [1.82, 2.24) is 19.5 Å². The van der Waals surface area contributed by atoms with Gasteiger partial charge in [-0.2, -0.15) is 5.10 Å². The first kappa shape index (κ1) is 13.7. The summed E-state index contributed by atoms with van der Waals surface area (Å²) in [5.74, 6) is 0.616.